The number of fused-ring (bicyclic) bond motifs is 1. The quantitative estimate of drug-likeness (QED) is 0.0896. The topological polar surface area (TPSA) is 136 Å². The van der Waals surface area contributed by atoms with Gasteiger partial charge in [-0.2, -0.15) is 0 Å². The Hall–Kier alpha value is -3.80. The second-order valence-electron chi connectivity index (χ2n) is 12.4. The number of hydrogen-bond donors (Lipinski definition) is 3. The molecule has 0 saturated carbocycles. The van der Waals surface area contributed by atoms with E-state index in [2.05, 4.69) is 22.6 Å². The molecular formula is C34H47N6O5+. The Morgan fingerprint density at radius 2 is 1.51 bits per heavy atom. The molecule has 3 heterocycles. The lowest BCUT2D eigenvalue weighted by Crippen LogP contribution is -2.89. The van der Waals surface area contributed by atoms with Crippen LogP contribution in [-0.2, 0) is 9.59 Å². The number of imide groups is 1. The van der Waals surface area contributed by atoms with Gasteiger partial charge >= 0.3 is 0 Å². The maximum Gasteiger partial charge on any atom is 0.269 e. The van der Waals surface area contributed by atoms with Crippen LogP contribution < -0.4 is 20.5 Å². The van der Waals surface area contributed by atoms with Gasteiger partial charge in [-0.05, 0) is 42.8 Å². The highest BCUT2D eigenvalue weighted by atomic mass is 16.6. The first-order valence-corrected chi connectivity index (χ1v) is 16.6. The van der Waals surface area contributed by atoms with E-state index in [1.165, 1.54) is 49.1 Å². The molecular weight excluding hydrogens is 572 g/mol. The van der Waals surface area contributed by atoms with Gasteiger partial charge in [0.15, 0.2) is 0 Å². The third-order valence-electron chi connectivity index (χ3n) is 9.22. The van der Waals surface area contributed by atoms with E-state index in [-0.39, 0.29) is 17.5 Å². The van der Waals surface area contributed by atoms with E-state index < -0.39 is 29.0 Å². The van der Waals surface area contributed by atoms with E-state index in [9.17, 15) is 24.8 Å². The number of nitro benzene ring substituents is 1. The molecule has 11 heteroatoms. The normalized spacial score (nSPS) is 22.5. The van der Waals surface area contributed by atoms with Crippen LogP contribution in [0.2, 0.25) is 0 Å². The van der Waals surface area contributed by atoms with Gasteiger partial charge in [0.2, 0.25) is 5.91 Å². The number of hydrazine groups is 1. The fourth-order valence-corrected chi connectivity index (χ4v) is 6.67. The minimum atomic E-state index is -0.881. The van der Waals surface area contributed by atoms with Crippen molar-refractivity contribution in [3.8, 4) is 0 Å². The van der Waals surface area contributed by atoms with Crippen molar-refractivity contribution in [2.45, 2.75) is 82.9 Å². The van der Waals surface area contributed by atoms with E-state index in [0.29, 0.717) is 17.8 Å². The number of nitrogens with one attached hydrogen (secondary N) is 1. The number of nitrogens with zero attached hydrogens (tertiary/aromatic N) is 4. The number of anilines is 3. The Morgan fingerprint density at radius 3 is 2.16 bits per heavy atom. The van der Waals surface area contributed by atoms with Crippen molar-refractivity contribution in [2.24, 2.45) is 5.92 Å². The van der Waals surface area contributed by atoms with Crippen LogP contribution in [0, 0.1) is 16.0 Å². The summed E-state index contributed by atoms with van der Waals surface area (Å²) in [4.78, 5) is 42.1. The maximum absolute atomic E-state index is 14.1. The van der Waals surface area contributed by atoms with Gasteiger partial charge in [-0.3, -0.25) is 19.7 Å². The number of hydrogen-bond acceptors (Lipinski definition) is 8. The number of nitro groups is 1. The van der Waals surface area contributed by atoms with Gasteiger partial charge in [-0.15, -0.1) is 0 Å². The van der Waals surface area contributed by atoms with Crippen LogP contribution in [0.4, 0.5) is 22.7 Å². The van der Waals surface area contributed by atoms with E-state index in [1.807, 2.05) is 30.3 Å². The molecule has 0 spiro atoms. The predicted octanol–water partition coefficient (Wildman–Crippen LogP) is 4.00. The van der Waals surface area contributed by atoms with Gasteiger partial charge in [0.05, 0.1) is 54.9 Å². The Balaban J connectivity index is 1.32. The minimum absolute atomic E-state index is 0.0485. The van der Waals surface area contributed by atoms with Crippen molar-refractivity contribution in [3.05, 3.63) is 70.8 Å². The summed E-state index contributed by atoms with van der Waals surface area (Å²) in [5, 5.41) is 26.6. The Morgan fingerprint density at radius 1 is 0.889 bits per heavy atom. The van der Waals surface area contributed by atoms with Gasteiger partial charge in [-0.25, -0.2) is 9.91 Å². The number of unbranched alkanes of at least 4 members (excludes halogenated alkanes) is 7. The van der Waals surface area contributed by atoms with Crippen LogP contribution >= 0.6 is 0 Å². The minimum Gasteiger partial charge on any atom is -0.391 e. The van der Waals surface area contributed by atoms with Crippen LogP contribution in [0.1, 0.15) is 64.7 Å². The Labute approximate surface area is 265 Å². The predicted molar refractivity (Wildman–Crippen MR) is 175 cm³/mol. The van der Waals surface area contributed by atoms with E-state index >= 15 is 0 Å². The van der Waals surface area contributed by atoms with Crippen molar-refractivity contribution in [2.75, 3.05) is 41.4 Å². The molecule has 4 atom stereocenters. The highest BCUT2D eigenvalue weighted by molar-refractivity contribution is 6.24. The standard InChI is InChI=1S/C34H46N6O5/c1-2-3-4-5-6-7-8-9-10-31(41)30-20-19-29-32(39(30)36-25-11-13-28(14-12-25)40(44)45)34(43)38(33(29)42)27-17-15-26(16-18-27)37-23-21-35-22-24-37/h11-20,29-32,35-36,41H,2-10,21-24H2,1H3/p+1. The highest BCUT2D eigenvalue weighted by Crippen LogP contribution is 2.37. The summed E-state index contributed by atoms with van der Waals surface area (Å²) in [6, 6.07) is 12.1. The molecule has 3 aliphatic heterocycles. The summed E-state index contributed by atoms with van der Waals surface area (Å²) in [6.07, 6.45) is 12.6. The first-order valence-electron chi connectivity index (χ1n) is 16.6. The molecule has 0 aliphatic carbocycles. The lowest BCUT2D eigenvalue weighted by molar-refractivity contribution is -0.655. The number of non-ortho nitro benzene ring substituents is 1. The van der Waals surface area contributed by atoms with E-state index in [0.717, 1.165) is 51.1 Å². The molecule has 0 bridgehead atoms. The molecule has 0 aromatic heterocycles. The molecule has 5 rings (SSSR count). The second kappa shape index (κ2) is 15.5. The fraction of sp³-hybridized carbons (Fsp3) is 0.529. The monoisotopic (exact) mass is 619 g/mol. The van der Waals surface area contributed by atoms with Crippen LogP contribution in [0.15, 0.2) is 60.7 Å². The fourth-order valence-electron chi connectivity index (χ4n) is 6.67. The van der Waals surface area contributed by atoms with Crippen molar-refractivity contribution in [3.63, 3.8) is 0 Å². The van der Waals surface area contributed by atoms with Gasteiger partial charge in [0, 0.05) is 23.5 Å². The molecule has 2 fully saturated rings. The lowest BCUT2D eigenvalue weighted by atomic mass is 9.91. The van der Waals surface area contributed by atoms with Crippen LogP contribution in [0.3, 0.4) is 0 Å². The molecule has 11 nitrogen and oxygen atoms in total. The van der Waals surface area contributed by atoms with Crippen molar-refractivity contribution < 1.29 is 24.9 Å². The highest BCUT2D eigenvalue weighted by Gasteiger charge is 2.54. The Kier molecular flexibility index (Phi) is 11.2. The van der Waals surface area contributed by atoms with Crippen molar-refractivity contribution in [1.29, 1.82) is 0 Å². The SMILES string of the molecule is CCCCCCCCCCC(O)C1C=CC2C(=O)N(c3ccc(N4CC[NH2+]CC4)cc3)C(=O)C2N1Nc1ccc([N+](=O)[O-])cc1. The summed E-state index contributed by atoms with van der Waals surface area (Å²) >= 11 is 0. The average Bonchev–Trinajstić information content (AvgIpc) is 3.32. The van der Waals surface area contributed by atoms with E-state index in [4.69, 9.17) is 0 Å². The lowest BCUT2D eigenvalue weighted by Gasteiger charge is -2.40. The van der Waals surface area contributed by atoms with Gasteiger partial charge in [0.1, 0.15) is 6.04 Å². The second-order valence-corrected chi connectivity index (χ2v) is 12.4. The summed E-state index contributed by atoms with van der Waals surface area (Å²) in [7, 11) is 0. The first kappa shape index (κ1) is 32.6. The Bertz CT molecular complexity index is 1330. The number of aliphatic hydroxyl groups excluding tert-OH is 1. The number of piperazine rings is 1. The number of benzene rings is 2. The number of aliphatic hydroxyl groups is 1. The molecule has 2 saturated heterocycles. The third-order valence-corrected chi connectivity index (χ3v) is 9.22. The summed E-state index contributed by atoms with van der Waals surface area (Å²) in [6.45, 7) is 6.17. The molecule has 4 N–H and O–H groups in total. The first-order chi connectivity index (χ1) is 21.9. The molecule has 3 aliphatic rings. The number of quaternary nitrogens is 1. The smallest absolute Gasteiger partial charge is 0.269 e. The molecule has 2 aromatic rings. The van der Waals surface area contributed by atoms with Crippen molar-refractivity contribution >= 4 is 34.6 Å². The molecule has 242 valence electrons. The van der Waals surface area contributed by atoms with Crippen LogP contribution in [-0.4, -0.2) is 71.2 Å². The average molecular weight is 620 g/mol. The zero-order valence-corrected chi connectivity index (χ0v) is 26.2. The number of carbonyl (C=O) groups excluding carboxylic acids is 2. The van der Waals surface area contributed by atoms with Gasteiger partial charge in [-0.1, -0.05) is 70.4 Å². The molecule has 0 radical (unpaired) electrons. The molecule has 2 amide bonds. The number of nitrogens with two attached hydrogens (primary N) is 1. The zero-order chi connectivity index (χ0) is 31.8. The van der Waals surface area contributed by atoms with Gasteiger partial charge in [0.25, 0.3) is 11.6 Å². The zero-order valence-electron chi connectivity index (χ0n) is 26.2. The summed E-state index contributed by atoms with van der Waals surface area (Å²) < 4.78 is 0. The molecule has 45 heavy (non-hydrogen) atoms. The number of rotatable bonds is 15. The molecule has 2 aromatic carbocycles. The van der Waals surface area contributed by atoms with Crippen LogP contribution in [0.5, 0.6) is 0 Å². The van der Waals surface area contributed by atoms with Crippen molar-refractivity contribution in [1.82, 2.24) is 5.01 Å². The maximum atomic E-state index is 14.1. The third kappa shape index (κ3) is 7.71. The molecule has 4 unspecified atom stereocenters. The summed E-state index contributed by atoms with van der Waals surface area (Å²) in [5.41, 5.74) is 5.31. The number of carbonyl (C=O) groups is 2. The largest absolute Gasteiger partial charge is 0.391 e. The number of amides is 2. The summed E-state index contributed by atoms with van der Waals surface area (Å²) in [5.74, 6) is -1.41. The van der Waals surface area contributed by atoms with Gasteiger partial charge < -0.3 is 20.7 Å². The van der Waals surface area contributed by atoms with E-state index in [1.54, 1.807) is 23.2 Å². The van der Waals surface area contributed by atoms with Crippen LogP contribution in [0.25, 0.3) is 0 Å².